The van der Waals surface area contributed by atoms with Gasteiger partial charge in [0.25, 0.3) is 5.91 Å². The van der Waals surface area contributed by atoms with Crippen LogP contribution in [-0.2, 0) is 21.7 Å². The van der Waals surface area contributed by atoms with Crippen molar-refractivity contribution in [2.45, 2.75) is 31.2 Å². The first kappa shape index (κ1) is 17.4. The third kappa shape index (κ3) is 3.24. The maximum absolute atomic E-state index is 15.5. The molecule has 25 heavy (non-hydrogen) atoms. The van der Waals surface area contributed by atoms with E-state index in [1.807, 2.05) is 0 Å². The highest BCUT2D eigenvalue weighted by molar-refractivity contribution is 5.87. The van der Waals surface area contributed by atoms with Gasteiger partial charge in [0.2, 0.25) is 5.67 Å². The lowest BCUT2D eigenvalue weighted by Crippen LogP contribution is -2.44. The van der Waals surface area contributed by atoms with Gasteiger partial charge >= 0.3 is 0 Å². The summed E-state index contributed by atoms with van der Waals surface area (Å²) < 4.78 is 47.4. The number of amides is 1. The first-order valence-electron chi connectivity index (χ1n) is 7.85. The number of methoxy groups -OCH3 is 1. The molecule has 7 heteroatoms. The lowest BCUT2D eigenvalue weighted by Gasteiger charge is -2.33. The molecule has 2 aromatic rings. The van der Waals surface area contributed by atoms with Crippen LogP contribution in [0, 0.1) is 11.6 Å². The number of halogens is 3. The molecule has 0 saturated heterocycles. The fourth-order valence-electron chi connectivity index (χ4n) is 3.06. The third-order valence-corrected chi connectivity index (χ3v) is 4.42. The SMILES string of the molecule is COC1CCC(F)(C(=O)NCc2ccc(F)cc2F)c2cccnc21. The molecule has 1 aliphatic carbocycles. The van der Waals surface area contributed by atoms with Crippen LogP contribution in [0.5, 0.6) is 0 Å². The average Bonchev–Trinajstić information content (AvgIpc) is 2.61. The van der Waals surface area contributed by atoms with Crippen LogP contribution in [0.3, 0.4) is 0 Å². The van der Waals surface area contributed by atoms with Gasteiger partial charge in [-0.1, -0.05) is 12.1 Å². The van der Waals surface area contributed by atoms with Gasteiger partial charge < -0.3 is 10.1 Å². The molecule has 2 unspecified atom stereocenters. The van der Waals surface area contributed by atoms with Crippen molar-refractivity contribution < 1.29 is 22.7 Å². The molecule has 0 fully saturated rings. The van der Waals surface area contributed by atoms with Crippen molar-refractivity contribution in [2.75, 3.05) is 7.11 Å². The fraction of sp³-hybridized carbons (Fsp3) is 0.333. The molecular weight excluding hydrogens is 333 g/mol. The predicted octanol–water partition coefficient (Wildman–Crippen LogP) is 3.32. The molecule has 1 amide bonds. The number of pyridine rings is 1. The number of nitrogens with one attached hydrogen (secondary N) is 1. The Morgan fingerprint density at radius 3 is 2.92 bits per heavy atom. The summed E-state index contributed by atoms with van der Waals surface area (Å²) in [6.45, 7) is -0.236. The Bertz CT molecular complexity index is 800. The topological polar surface area (TPSA) is 51.2 Å². The molecule has 0 radical (unpaired) electrons. The van der Waals surface area contributed by atoms with Gasteiger partial charge in [0.05, 0.1) is 11.8 Å². The molecule has 1 heterocycles. The van der Waals surface area contributed by atoms with Crippen LogP contribution in [0.4, 0.5) is 13.2 Å². The number of fused-ring (bicyclic) bond motifs is 1. The number of alkyl halides is 1. The van der Waals surface area contributed by atoms with Crippen molar-refractivity contribution in [3.05, 3.63) is 65.0 Å². The summed E-state index contributed by atoms with van der Waals surface area (Å²) in [5.41, 5.74) is -1.64. The van der Waals surface area contributed by atoms with Gasteiger partial charge in [-0.05, 0) is 25.0 Å². The molecule has 0 aliphatic heterocycles. The van der Waals surface area contributed by atoms with E-state index in [-0.39, 0.29) is 30.2 Å². The van der Waals surface area contributed by atoms with E-state index in [0.29, 0.717) is 12.1 Å². The zero-order chi connectivity index (χ0) is 18.0. The molecule has 1 aliphatic rings. The molecule has 4 nitrogen and oxygen atoms in total. The number of hydrogen-bond acceptors (Lipinski definition) is 3. The second-order valence-corrected chi connectivity index (χ2v) is 5.92. The van der Waals surface area contributed by atoms with Crippen LogP contribution in [0.15, 0.2) is 36.5 Å². The van der Waals surface area contributed by atoms with Crippen LogP contribution in [0.1, 0.15) is 35.8 Å². The molecule has 2 atom stereocenters. The summed E-state index contributed by atoms with van der Waals surface area (Å²) in [4.78, 5) is 16.6. The van der Waals surface area contributed by atoms with Gasteiger partial charge in [0, 0.05) is 37.0 Å². The number of hydrogen-bond donors (Lipinski definition) is 1. The Hall–Kier alpha value is -2.41. The first-order valence-corrected chi connectivity index (χ1v) is 7.85. The molecule has 0 bridgehead atoms. The predicted molar refractivity (Wildman–Crippen MR) is 84.2 cm³/mol. The second kappa shape index (κ2) is 6.84. The summed E-state index contributed by atoms with van der Waals surface area (Å²) in [7, 11) is 1.51. The quantitative estimate of drug-likeness (QED) is 0.920. The van der Waals surface area contributed by atoms with Crippen molar-refractivity contribution in [3.63, 3.8) is 0 Å². The van der Waals surface area contributed by atoms with Gasteiger partial charge in [-0.25, -0.2) is 13.2 Å². The molecule has 0 spiro atoms. The zero-order valence-corrected chi connectivity index (χ0v) is 13.6. The average molecular weight is 350 g/mol. The van der Waals surface area contributed by atoms with E-state index >= 15 is 4.39 Å². The summed E-state index contributed by atoms with van der Waals surface area (Å²) in [5.74, 6) is -2.38. The lowest BCUT2D eigenvalue weighted by atomic mass is 9.81. The summed E-state index contributed by atoms with van der Waals surface area (Å²) in [6, 6.07) is 6.07. The molecule has 3 rings (SSSR count). The number of ether oxygens (including phenoxy) is 1. The Morgan fingerprint density at radius 2 is 2.20 bits per heavy atom. The summed E-state index contributed by atoms with van der Waals surface area (Å²) in [6.07, 6.45) is 1.38. The van der Waals surface area contributed by atoms with Crippen molar-refractivity contribution in [2.24, 2.45) is 0 Å². The maximum Gasteiger partial charge on any atom is 0.262 e. The Balaban J connectivity index is 1.81. The van der Waals surface area contributed by atoms with Gasteiger partial charge in [-0.3, -0.25) is 9.78 Å². The number of carbonyl (C=O) groups excluding carboxylic acids is 1. The third-order valence-electron chi connectivity index (χ3n) is 4.42. The minimum Gasteiger partial charge on any atom is -0.375 e. The van der Waals surface area contributed by atoms with Gasteiger partial charge in [-0.15, -0.1) is 0 Å². The normalized spacial score (nSPS) is 22.3. The van der Waals surface area contributed by atoms with E-state index in [1.165, 1.54) is 25.4 Å². The summed E-state index contributed by atoms with van der Waals surface area (Å²) in [5, 5.41) is 2.40. The smallest absolute Gasteiger partial charge is 0.262 e. The Morgan fingerprint density at radius 1 is 1.40 bits per heavy atom. The van der Waals surface area contributed by atoms with Crippen molar-refractivity contribution in [1.29, 1.82) is 0 Å². The lowest BCUT2D eigenvalue weighted by molar-refractivity contribution is -0.135. The van der Waals surface area contributed by atoms with Crippen molar-refractivity contribution in [3.8, 4) is 0 Å². The maximum atomic E-state index is 15.5. The molecule has 1 N–H and O–H groups in total. The highest BCUT2D eigenvalue weighted by Crippen LogP contribution is 2.43. The van der Waals surface area contributed by atoms with E-state index in [4.69, 9.17) is 4.74 Å². The highest BCUT2D eigenvalue weighted by Gasteiger charge is 2.47. The minimum atomic E-state index is -2.27. The van der Waals surface area contributed by atoms with E-state index in [1.54, 1.807) is 6.07 Å². The molecule has 0 saturated carbocycles. The van der Waals surface area contributed by atoms with Crippen molar-refractivity contribution in [1.82, 2.24) is 10.3 Å². The van der Waals surface area contributed by atoms with E-state index < -0.39 is 23.2 Å². The molecular formula is C18H17F3N2O2. The number of rotatable bonds is 4. The van der Waals surface area contributed by atoms with Crippen LogP contribution in [-0.4, -0.2) is 18.0 Å². The van der Waals surface area contributed by atoms with Crippen LogP contribution >= 0.6 is 0 Å². The Kier molecular flexibility index (Phi) is 4.76. The Labute approximate surface area is 143 Å². The standard InChI is InChI=1S/C18H17F3N2O2/c1-25-15-6-7-18(21,13-3-2-8-22-16(13)15)17(24)23-10-11-4-5-12(19)9-14(11)20/h2-5,8-9,15H,6-7,10H2,1H3,(H,23,24). The molecule has 1 aromatic heterocycles. The fourth-order valence-corrected chi connectivity index (χ4v) is 3.06. The number of aromatic nitrogens is 1. The van der Waals surface area contributed by atoms with Gasteiger partial charge in [0.15, 0.2) is 0 Å². The second-order valence-electron chi connectivity index (χ2n) is 5.92. The number of carbonyl (C=O) groups is 1. The number of nitrogens with zero attached hydrogens (tertiary/aromatic N) is 1. The minimum absolute atomic E-state index is 0.0675. The van der Waals surface area contributed by atoms with E-state index in [9.17, 15) is 13.6 Å². The molecule has 1 aromatic carbocycles. The van der Waals surface area contributed by atoms with Crippen LogP contribution < -0.4 is 5.32 Å². The number of benzene rings is 1. The highest BCUT2D eigenvalue weighted by atomic mass is 19.1. The van der Waals surface area contributed by atoms with Gasteiger partial charge in [-0.2, -0.15) is 0 Å². The summed E-state index contributed by atoms with van der Waals surface area (Å²) >= 11 is 0. The van der Waals surface area contributed by atoms with Crippen LogP contribution in [0.2, 0.25) is 0 Å². The monoisotopic (exact) mass is 350 g/mol. The van der Waals surface area contributed by atoms with Crippen LogP contribution in [0.25, 0.3) is 0 Å². The zero-order valence-electron chi connectivity index (χ0n) is 13.6. The van der Waals surface area contributed by atoms with E-state index in [2.05, 4.69) is 10.3 Å². The van der Waals surface area contributed by atoms with Crippen molar-refractivity contribution >= 4 is 5.91 Å². The van der Waals surface area contributed by atoms with Gasteiger partial charge in [0.1, 0.15) is 11.6 Å². The van der Waals surface area contributed by atoms with E-state index in [0.717, 1.165) is 12.1 Å². The molecule has 132 valence electrons. The first-order chi connectivity index (χ1) is 12.0. The largest absolute Gasteiger partial charge is 0.375 e.